The predicted octanol–water partition coefficient (Wildman–Crippen LogP) is 5.65. The third-order valence-electron chi connectivity index (χ3n) is 7.69. The van der Waals surface area contributed by atoms with Crippen LogP contribution in [0.5, 0.6) is 0 Å². The highest BCUT2D eigenvalue weighted by atomic mass is 32.2. The monoisotopic (exact) mass is 566 g/mol. The largest absolute Gasteiger partial charge is 0.443 e. The van der Waals surface area contributed by atoms with Gasteiger partial charge < -0.3 is 9.30 Å². The van der Waals surface area contributed by atoms with Crippen molar-refractivity contribution in [2.75, 3.05) is 25.5 Å². The highest BCUT2D eigenvalue weighted by Gasteiger charge is 2.33. The first-order valence-electron chi connectivity index (χ1n) is 13.9. The molecule has 1 N–H and O–H groups in total. The fraction of sp³-hybridized carbons (Fsp3) is 0.467. The molecule has 1 saturated carbocycles. The highest BCUT2D eigenvalue weighted by molar-refractivity contribution is 7.87. The number of carbonyl (C=O) groups is 2. The van der Waals surface area contributed by atoms with Crippen molar-refractivity contribution in [3.05, 3.63) is 53.6 Å². The minimum Gasteiger partial charge on any atom is -0.443 e. The fourth-order valence-corrected chi connectivity index (χ4v) is 6.38. The molecular formula is C30H38N4O5S. The van der Waals surface area contributed by atoms with Crippen molar-refractivity contribution >= 4 is 38.8 Å². The number of hydrogen-bond acceptors (Lipinski definition) is 5. The first-order chi connectivity index (χ1) is 18.9. The van der Waals surface area contributed by atoms with E-state index >= 15 is 0 Å². The first-order valence-corrected chi connectivity index (χ1v) is 15.3. The van der Waals surface area contributed by atoms with E-state index in [0.717, 1.165) is 57.8 Å². The van der Waals surface area contributed by atoms with Gasteiger partial charge in [-0.1, -0.05) is 43.5 Å². The number of nitrogens with zero attached hydrogens (tertiary/aromatic N) is 3. The van der Waals surface area contributed by atoms with E-state index in [1.54, 1.807) is 17.0 Å². The Morgan fingerprint density at radius 3 is 2.38 bits per heavy atom. The van der Waals surface area contributed by atoms with E-state index in [4.69, 9.17) is 4.74 Å². The van der Waals surface area contributed by atoms with Gasteiger partial charge in [0.1, 0.15) is 5.60 Å². The summed E-state index contributed by atoms with van der Waals surface area (Å²) in [6, 6.07) is 13.4. The molecule has 2 aliphatic rings. The quantitative estimate of drug-likeness (QED) is 0.440. The Labute approximate surface area is 236 Å². The van der Waals surface area contributed by atoms with Gasteiger partial charge in [-0.3, -0.25) is 9.69 Å². The number of aromatic nitrogens is 1. The molecular weight excluding hydrogens is 528 g/mol. The Kier molecular flexibility index (Phi) is 7.43. The topological polar surface area (TPSA) is 101 Å². The zero-order valence-corrected chi connectivity index (χ0v) is 24.7. The second-order valence-corrected chi connectivity index (χ2v) is 13.7. The number of nitrogens with one attached hydrogen (secondary N) is 1. The lowest BCUT2D eigenvalue weighted by Gasteiger charge is -2.28. The Morgan fingerprint density at radius 2 is 1.70 bits per heavy atom. The number of fused-ring (bicyclic) bond motifs is 5. The van der Waals surface area contributed by atoms with Crippen molar-refractivity contribution in [2.45, 2.75) is 70.9 Å². The number of hydrogen-bond donors (Lipinski definition) is 1. The second-order valence-electron chi connectivity index (χ2n) is 11.8. The Morgan fingerprint density at radius 1 is 1.00 bits per heavy atom. The third kappa shape index (κ3) is 5.34. The average Bonchev–Trinajstić information content (AvgIpc) is 3.11. The molecule has 1 aromatic heterocycles. The van der Waals surface area contributed by atoms with Crippen molar-refractivity contribution in [1.82, 2.24) is 13.6 Å². The van der Waals surface area contributed by atoms with Gasteiger partial charge in [-0.05, 0) is 63.3 Å². The summed E-state index contributed by atoms with van der Waals surface area (Å²) in [6.07, 6.45) is 5.29. The molecule has 0 saturated heterocycles. The van der Waals surface area contributed by atoms with Crippen LogP contribution in [-0.2, 0) is 21.5 Å². The van der Waals surface area contributed by atoms with E-state index in [9.17, 15) is 18.0 Å². The number of carbonyl (C=O) groups excluding carboxylic acids is 2. The Balaban J connectivity index is 1.69. The molecule has 0 radical (unpaired) electrons. The summed E-state index contributed by atoms with van der Waals surface area (Å²) in [4.78, 5) is 28.1. The van der Waals surface area contributed by atoms with Crippen LogP contribution in [0.4, 0.5) is 10.5 Å². The first kappa shape index (κ1) is 28.2. The minimum absolute atomic E-state index is 0.259. The smallest absolute Gasteiger partial charge is 0.414 e. The van der Waals surface area contributed by atoms with Crippen LogP contribution in [0.15, 0.2) is 42.5 Å². The standard InChI is InChI=1S/C30H38N4O5S/c1-30(2,3)39-29(36)34-18-17-33-25-19-21(28(35)31-40(37,38)32(4)5)15-16-22(25)26(20-11-7-6-8-12-20)27(33)23-13-9-10-14-24(23)34/h9-10,13-16,19-20H,6-8,11-12,17-18H2,1-5H3,(H,31,35). The van der Waals surface area contributed by atoms with Crippen molar-refractivity contribution in [3.63, 3.8) is 0 Å². The van der Waals surface area contributed by atoms with Gasteiger partial charge in [0.25, 0.3) is 5.91 Å². The molecule has 1 aliphatic carbocycles. The fourth-order valence-electron chi connectivity index (χ4n) is 5.85. The predicted molar refractivity (Wildman–Crippen MR) is 157 cm³/mol. The summed E-state index contributed by atoms with van der Waals surface area (Å²) in [5.41, 5.74) is 4.52. The molecule has 0 spiro atoms. The SMILES string of the molecule is CN(C)S(=O)(=O)NC(=O)c1ccc2c(C3CCCCC3)c3n(c2c1)CCN(C(=O)OC(C)(C)C)c1ccccc1-3. The van der Waals surface area contributed by atoms with E-state index in [2.05, 4.69) is 9.29 Å². The van der Waals surface area contributed by atoms with Crippen molar-refractivity contribution in [1.29, 1.82) is 0 Å². The summed E-state index contributed by atoms with van der Waals surface area (Å²) in [7, 11) is -1.19. The number of ether oxygens (including phenoxy) is 1. The lowest BCUT2D eigenvalue weighted by Crippen LogP contribution is -2.39. The van der Waals surface area contributed by atoms with Crippen LogP contribution in [-0.4, -0.2) is 55.5 Å². The molecule has 3 aromatic rings. The van der Waals surface area contributed by atoms with Gasteiger partial charge in [0.2, 0.25) is 0 Å². The molecule has 0 unspecified atom stereocenters. The summed E-state index contributed by atoms with van der Waals surface area (Å²) in [6.45, 7) is 6.45. The number of amides is 2. The van der Waals surface area contributed by atoms with Gasteiger partial charge in [-0.2, -0.15) is 12.7 Å². The highest BCUT2D eigenvalue weighted by Crippen LogP contribution is 2.47. The van der Waals surface area contributed by atoms with Crippen LogP contribution in [0.25, 0.3) is 22.2 Å². The van der Waals surface area contributed by atoms with E-state index < -0.39 is 27.8 Å². The van der Waals surface area contributed by atoms with E-state index in [0.29, 0.717) is 19.0 Å². The van der Waals surface area contributed by atoms with Crippen LogP contribution in [0.2, 0.25) is 0 Å². The second kappa shape index (κ2) is 10.6. The van der Waals surface area contributed by atoms with Gasteiger partial charge >= 0.3 is 16.3 Å². The lowest BCUT2D eigenvalue weighted by atomic mass is 9.81. The van der Waals surface area contributed by atoms with Gasteiger partial charge in [-0.25, -0.2) is 9.52 Å². The molecule has 0 bridgehead atoms. The van der Waals surface area contributed by atoms with Crippen LogP contribution in [0.1, 0.15) is 74.7 Å². The number of para-hydroxylation sites is 1. The number of benzene rings is 2. The summed E-state index contributed by atoms with van der Waals surface area (Å²) >= 11 is 0. The maximum absolute atomic E-state index is 13.4. The summed E-state index contributed by atoms with van der Waals surface area (Å²) < 4.78 is 35.8. The van der Waals surface area contributed by atoms with Gasteiger partial charge in [0.15, 0.2) is 0 Å². The Bertz CT molecular complexity index is 1560. The molecule has 40 heavy (non-hydrogen) atoms. The summed E-state index contributed by atoms with van der Waals surface area (Å²) in [5.74, 6) is -0.336. The molecule has 9 nitrogen and oxygen atoms in total. The lowest BCUT2D eigenvalue weighted by molar-refractivity contribution is 0.0579. The molecule has 1 aliphatic heterocycles. The molecule has 214 valence electrons. The number of rotatable bonds is 4. The Hall–Kier alpha value is -3.37. The zero-order valence-electron chi connectivity index (χ0n) is 23.9. The molecule has 10 heteroatoms. The van der Waals surface area contributed by atoms with Crippen molar-refractivity contribution < 1.29 is 22.7 Å². The van der Waals surface area contributed by atoms with E-state index in [1.165, 1.54) is 26.1 Å². The minimum atomic E-state index is -3.94. The van der Waals surface area contributed by atoms with Gasteiger partial charge in [0, 0.05) is 49.2 Å². The van der Waals surface area contributed by atoms with Crippen LogP contribution >= 0.6 is 0 Å². The van der Waals surface area contributed by atoms with Crippen LogP contribution in [0, 0.1) is 0 Å². The van der Waals surface area contributed by atoms with Crippen LogP contribution in [0.3, 0.4) is 0 Å². The number of anilines is 1. The van der Waals surface area contributed by atoms with E-state index in [-0.39, 0.29) is 5.56 Å². The molecule has 5 rings (SSSR count). The maximum Gasteiger partial charge on any atom is 0.414 e. The molecule has 2 aromatic carbocycles. The van der Waals surface area contributed by atoms with Crippen molar-refractivity contribution in [3.8, 4) is 11.3 Å². The normalized spacial score (nSPS) is 16.4. The maximum atomic E-state index is 13.4. The van der Waals surface area contributed by atoms with Gasteiger partial charge in [-0.15, -0.1) is 0 Å². The molecule has 2 amide bonds. The molecule has 2 heterocycles. The van der Waals surface area contributed by atoms with Crippen LogP contribution < -0.4 is 9.62 Å². The van der Waals surface area contributed by atoms with E-state index in [1.807, 2.05) is 51.1 Å². The third-order valence-corrected chi connectivity index (χ3v) is 9.10. The van der Waals surface area contributed by atoms with Gasteiger partial charge in [0.05, 0.1) is 11.4 Å². The zero-order chi connectivity index (χ0) is 28.8. The van der Waals surface area contributed by atoms with Crippen molar-refractivity contribution in [2.24, 2.45) is 0 Å². The average molecular weight is 567 g/mol. The molecule has 1 fully saturated rings. The molecule has 0 atom stereocenters. The summed E-state index contributed by atoms with van der Waals surface area (Å²) in [5, 5.41) is 1.06.